The van der Waals surface area contributed by atoms with Crippen molar-refractivity contribution in [2.24, 2.45) is 11.8 Å². The van der Waals surface area contributed by atoms with Gasteiger partial charge in [-0.2, -0.15) is 26.3 Å². The van der Waals surface area contributed by atoms with Gasteiger partial charge in [0.25, 0.3) is 24.2 Å². The van der Waals surface area contributed by atoms with E-state index < -0.39 is 73.6 Å². The lowest BCUT2D eigenvalue weighted by Gasteiger charge is -2.40. The molecule has 0 N–H and O–H groups in total. The van der Waals surface area contributed by atoms with Gasteiger partial charge < -0.3 is 4.74 Å². The molecule has 0 radical (unpaired) electrons. The number of hydrogen-bond donors (Lipinski definition) is 0. The van der Waals surface area contributed by atoms with Crippen molar-refractivity contribution in [3.05, 3.63) is 30.3 Å². The summed E-state index contributed by atoms with van der Waals surface area (Å²) in [5.41, 5.74) is -11.1. The van der Waals surface area contributed by atoms with Crippen LogP contribution < -0.4 is 4.74 Å². The van der Waals surface area contributed by atoms with E-state index in [0.29, 0.717) is 6.92 Å². The predicted octanol–water partition coefficient (Wildman–Crippen LogP) is 7.09. The van der Waals surface area contributed by atoms with Crippen LogP contribution in [0, 0.1) is 11.8 Å². The highest BCUT2D eigenvalue weighted by molar-refractivity contribution is 5.72. The molecule has 0 fully saturated rings. The second-order valence-corrected chi connectivity index (χ2v) is 7.16. The maximum Gasteiger partial charge on any atom is 0.428 e. The minimum absolute atomic E-state index is 0.329. The number of carbonyl (C=O) groups is 1. The number of carbonyl (C=O) groups excluding carboxylic acids is 1. The molecule has 4 unspecified atom stereocenters. The lowest BCUT2D eigenvalue weighted by Crippen LogP contribution is -2.58. The van der Waals surface area contributed by atoms with E-state index in [1.807, 2.05) is 0 Å². The van der Waals surface area contributed by atoms with Crippen LogP contribution in [0.2, 0.25) is 0 Å². The molecule has 0 heterocycles. The molecular weight excluding hydrogens is 488 g/mol. The van der Waals surface area contributed by atoms with Gasteiger partial charge in [0.1, 0.15) is 5.75 Å². The number of esters is 1. The fourth-order valence-corrected chi connectivity index (χ4v) is 3.31. The van der Waals surface area contributed by atoms with Crippen molar-refractivity contribution in [3.63, 3.8) is 0 Å². The first-order valence-electron chi connectivity index (χ1n) is 9.26. The molecule has 1 rings (SSSR count). The van der Waals surface area contributed by atoms with Crippen LogP contribution in [0.4, 0.5) is 52.7 Å². The van der Waals surface area contributed by atoms with Gasteiger partial charge >= 0.3 is 18.3 Å². The number of ether oxygens (including phenoxy) is 1. The molecule has 0 amide bonds. The molecule has 0 aliphatic heterocycles. The van der Waals surface area contributed by atoms with E-state index in [9.17, 15) is 57.5 Å². The van der Waals surface area contributed by atoms with E-state index >= 15 is 0 Å². The highest BCUT2D eigenvalue weighted by atomic mass is 19.4. The molecule has 0 aliphatic rings. The fourth-order valence-electron chi connectivity index (χ4n) is 3.31. The SMILES string of the molecule is CCC(CC(CC(=O)Oc1ccccc1)C(F)(C(F)F)C(F)(F)F)C(F)(C(F)F)C(F)(F)F. The third-order valence-electron chi connectivity index (χ3n) is 5.14. The first-order valence-corrected chi connectivity index (χ1v) is 9.26. The van der Waals surface area contributed by atoms with E-state index in [2.05, 4.69) is 4.74 Å². The van der Waals surface area contributed by atoms with E-state index in [4.69, 9.17) is 0 Å². The Morgan fingerprint density at radius 2 is 1.21 bits per heavy atom. The summed E-state index contributed by atoms with van der Waals surface area (Å²) in [7, 11) is 0. The van der Waals surface area contributed by atoms with Gasteiger partial charge in [0.2, 0.25) is 0 Å². The summed E-state index contributed by atoms with van der Waals surface area (Å²) in [6, 6.07) is 6.17. The summed E-state index contributed by atoms with van der Waals surface area (Å²) in [4.78, 5) is 12.0. The molecule has 2 nitrogen and oxygen atoms in total. The van der Waals surface area contributed by atoms with Crippen molar-refractivity contribution in [1.82, 2.24) is 0 Å². The molecule has 0 bridgehead atoms. The molecule has 0 saturated heterocycles. The van der Waals surface area contributed by atoms with Crippen LogP contribution in [0.15, 0.2) is 30.3 Å². The molecule has 0 aromatic heterocycles. The highest BCUT2D eigenvalue weighted by Crippen LogP contribution is 2.53. The average Bonchev–Trinajstić information content (AvgIpc) is 2.68. The van der Waals surface area contributed by atoms with Crippen molar-refractivity contribution < 1.29 is 62.2 Å². The van der Waals surface area contributed by atoms with Crippen molar-refractivity contribution >= 4 is 5.97 Å². The summed E-state index contributed by atoms with van der Waals surface area (Å²) < 4.78 is 165. The van der Waals surface area contributed by atoms with E-state index in [0.717, 1.165) is 12.1 Å². The van der Waals surface area contributed by atoms with Gasteiger partial charge in [0, 0.05) is 11.8 Å². The Hall–Kier alpha value is -2.15. The minimum atomic E-state index is -6.45. The molecule has 190 valence electrons. The smallest absolute Gasteiger partial charge is 0.427 e. The summed E-state index contributed by atoms with van der Waals surface area (Å²) >= 11 is 0. The number of alkyl halides is 12. The van der Waals surface area contributed by atoms with Crippen molar-refractivity contribution in [1.29, 1.82) is 0 Å². The summed E-state index contributed by atoms with van der Waals surface area (Å²) in [5.74, 6) is -8.58. The molecule has 0 saturated carbocycles. The van der Waals surface area contributed by atoms with Crippen LogP contribution >= 0.6 is 0 Å². The largest absolute Gasteiger partial charge is 0.428 e. The van der Waals surface area contributed by atoms with Crippen molar-refractivity contribution in [2.45, 2.75) is 62.7 Å². The quantitative estimate of drug-likeness (QED) is 0.193. The van der Waals surface area contributed by atoms with Gasteiger partial charge in [-0.15, -0.1) is 0 Å². The third kappa shape index (κ3) is 6.05. The monoisotopic (exact) mass is 506 g/mol. The van der Waals surface area contributed by atoms with Crippen LogP contribution in [0.1, 0.15) is 26.2 Å². The topological polar surface area (TPSA) is 26.3 Å². The Morgan fingerprint density at radius 1 is 0.788 bits per heavy atom. The van der Waals surface area contributed by atoms with E-state index in [1.54, 1.807) is 0 Å². The van der Waals surface area contributed by atoms with E-state index in [-0.39, 0.29) is 5.75 Å². The molecule has 0 aliphatic carbocycles. The zero-order valence-corrected chi connectivity index (χ0v) is 16.7. The zero-order valence-electron chi connectivity index (χ0n) is 16.7. The number of halogens is 12. The zero-order chi connectivity index (χ0) is 25.8. The van der Waals surface area contributed by atoms with Gasteiger partial charge in [0.15, 0.2) is 0 Å². The maximum atomic E-state index is 14.7. The summed E-state index contributed by atoms with van der Waals surface area (Å²) in [6.07, 6.45) is -27.8. The summed E-state index contributed by atoms with van der Waals surface area (Å²) in [5, 5.41) is 0. The fraction of sp³-hybridized carbons (Fsp3) is 0.632. The Bertz CT molecular complexity index is 764. The molecule has 4 atom stereocenters. The van der Waals surface area contributed by atoms with Crippen molar-refractivity contribution in [3.8, 4) is 5.75 Å². The first kappa shape index (κ1) is 28.9. The van der Waals surface area contributed by atoms with Crippen LogP contribution in [-0.2, 0) is 4.79 Å². The van der Waals surface area contributed by atoms with Crippen molar-refractivity contribution in [2.75, 3.05) is 0 Å². The minimum Gasteiger partial charge on any atom is -0.427 e. The maximum absolute atomic E-state index is 14.7. The molecule has 14 heteroatoms. The van der Waals surface area contributed by atoms with Crippen LogP contribution in [0.25, 0.3) is 0 Å². The normalized spacial score (nSPS) is 18.5. The van der Waals surface area contributed by atoms with Gasteiger partial charge in [-0.3, -0.25) is 4.79 Å². The lowest BCUT2D eigenvalue weighted by molar-refractivity contribution is -0.303. The molecule has 33 heavy (non-hydrogen) atoms. The van der Waals surface area contributed by atoms with Gasteiger partial charge in [-0.25, -0.2) is 26.3 Å². The van der Waals surface area contributed by atoms with E-state index in [1.165, 1.54) is 18.2 Å². The Balaban J connectivity index is 3.46. The number of rotatable bonds is 10. The second-order valence-electron chi connectivity index (χ2n) is 7.16. The second kappa shape index (κ2) is 10.4. The Kier molecular flexibility index (Phi) is 9.11. The Labute approximate surface area is 179 Å². The third-order valence-corrected chi connectivity index (χ3v) is 5.14. The van der Waals surface area contributed by atoms with Crippen LogP contribution in [0.3, 0.4) is 0 Å². The molecule has 0 spiro atoms. The summed E-state index contributed by atoms with van der Waals surface area (Å²) in [6.45, 7) is 0.669. The van der Waals surface area contributed by atoms with Gasteiger partial charge in [0.05, 0.1) is 6.42 Å². The van der Waals surface area contributed by atoms with Crippen LogP contribution in [-0.4, -0.2) is 42.5 Å². The predicted molar refractivity (Wildman–Crippen MR) is 90.4 cm³/mol. The number of para-hydroxylation sites is 1. The molecule has 1 aromatic rings. The van der Waals surface area contributed by atoms with Gasteiger partial charge in [-0.05, 0) is 25.0 Å². The number of benzene rings is 1. The standard InChI is InChI=1S/C19H18F12O2/c1-2-10(16(24,14(20)21)18(26,27)28)8-11(17(25,15(22)23)19(29,30)31)9-13(32)33-12-6-4-3-5-7-12/h3-7,10-11,14-15H,2,8-9H2,1H3. The molecular formula is C19H18F12O2. The molecule has 1 aromatic carbocycles. The van der Waals surface area contributed by atoms with Gasteiger partial charge in [-0.1, -0.05) is 25.1 Å². The lowest BCUT2D eigenvalue weighted by atomic mass is 9.73. The number of hydrogen-bond acceptors (Lipinski definition) is 2. The Morgan fingerprint density at radius 3 is 1.58 bits per heavy atom. The average molecular weight is 506 g/mol. The first-order chi connectivity index (χ1) is 14.9. The highest BCUT2D eigenvalue weighted by Gasteiger charge is 2.70. The van der Waals surface area contributed by atoms with Crippen LogP contribution in [0.5, 0.6) is 5.75 Å².